The van der Waals surface area contributed by atoms with E-state index in [1.54, 1.807) is 12.1 Å². The van der Waals surface area contributed by atoms with Gasteiger partial charge >= 0.3 is 0 Å². The third-order valence-corrected chi connectivity index (χ3v) is 3.55. The summed E-state index contributed by atoms with van der Waals surface area (Å²) in [6, 6.07) is 4.65. The van der Waals surface area contributed by atoms with Gasteiger partial charge in [-0.2, -0.15) is 0 Å². The van der Waals surface area contributed by atoms with Gasteiger partial charge in [0.05, 0.1) is 11.1 Å². The zero-order valence-corrected chi connectivity index (χ0v) is 11.7. The predicted molar refractivity (Wildman–Crippen MR) is 73.2 cm³/mol. The molecule has 0 spiro atoms. The van der Waals surface area contributed by atoms with E-state index in [2.05, 4.69) is 19.2 Å². The maximum atomic E-state index is 13.0. The molecular weight excluding hydrogens is 253 g/mol. The normalized spacial score (nSPS) is 13.0. The zero-order valence-electron chi connectivity index (χ0n) is 10.9. The lowest BCUT2D eigenvalue weighted by atomic mass is 9.96. The van der Waals surface area contributed by atoms with Gasteiger partial charge in [-0.25, -0.2) is 4.39 Å². The molecule has 0 bridgehead atoms. The molecule has 0 radical (unpaired) electrons. The molecule has 18 heavy (non-hydrogen) atoms. The van der Waals surface area contributed by atoms with E-state index in [0.717, 1.165) is 18.4 Å². The van der Waals surface area contributed by atoms with Crippen molar-refractivity contribution >= 4 is 11.6 Å². The van der Waals surface area contributed by atoms with E-state index in [-0.39, 0.29) is 11.1 Å². The van der Waals surface area contributed by atoms with Crippen LogP contribution in [0.3, 0.4) is 0 Å². The molecule has 0 saturated carbocycles. The molecule has 0 amide bonds. The van der Waals surface area contributed by atoms with E-state index in [4.69, 9.17) is 11.6 Å². The number of hydrogen-bond donors (Lipinski definition) is 2. The Hall–Kier alpha value is -0.640. The molecule has 0 aliphatic rings. The number of halogens is 2. The molecule has 2 nitrogen and oxygen atoms in total. The minimum atomic E-state index is -0.405. The summed E-state index contributed by atoms with van der Waals surface area (Å²) in [4.78, 5) is 0. The lowest BCUT2D eigenvalue weighted by Gasteiger charge is -2.20. The topological polar surface area (TPSA) is 32.3 Å². The minimum Gasteiger partial charge on any atom is -0.392 e. The molecule has 1 rings (SSSR count). The van der Waals surface area contributed by atoms with Gasteiger partial charge in [0.1, 0.15) is 5.82 Å². The summed E-state index contributed by atoms with van der Waals surface area (Å²) in [5, 5.41) is 13.2. The predicted octanol–water partition coefficient (Wildman–Crippen LogP) is 3.37. The maximum absolute atomic E-state index is 13.0. The van der Waals surface area contributed by atoms with Crippen molar-refractivity contribution in [1.82, 2.24) is 5.32 Å². The Balaban J connectivity index is 2.39. The van der Waals surface area contributed by atoms with Crippen LogP contribution in [0.4, 0.5) is 4.39 Å². The van der Waals surface area contributed by atoms with Crippen molar-refractivity contribution in [2.45, 2.75) is 39.3 Å². The molecule has 2 N–H and O–H groups in total. The molecule has 0 fully saturated rings. The van der Waals surface area contributed by atoms with Crippen molar-refractivity contribution in [1.29, 1.82) is 0 Å². The molecule has 4 heteroatoms. The van der Waals surface area contributed by atoms with Gasteiger partial charge in [-0.1, -0.05) is 44.4 Å². The number of aliphatic hydroxyl groups excluding tert-OH is 1. The first kappa shape index (κ1) is 15.4. The lowest BCUT2D eigenvalue weighted by Crippen LogP contribution is -2.32. The highest BCUT2D eigenvalue weighted by molar-refractivity contribution is 6.30. The monoisotopic (exact) mass is 273 g/mol. The molecule has 1 aromatic rings. The van der Waals surface area contributed by atoms with Crippen LogP contribution in [-0.2, 0) is 6.54 Å². The van der Waals surface area contributed by atoms with Crippen molar-refractivity contribution in [3.05, 3.63) is 34.6 Å². The highest BCUT2D eigenvalue weighted by Crippen LogP contribution is 2.16. The van der Waals surface area contributed by atoms with E-state index in [1.807, 2.05) is 0 Å². The van der Waals surface area contributed by atoms with Crippen molar-refractivity contribution in [2.75, 3.05) is 6.54 Å². The fourth-order valence-corrected chi connectivity index (χ4v) is 2.22. The van der Waals surface area contributed by atoms with Crippen LogP contribution in [-0.4, -0.2) is 17.8 Å². The number of aliphatic hydroxyl groups is 1. The second-order valence-electron chi connectivity index (χ2n) is 4.52. The molecule has 0 aromatic heterocycles. The first-order valence-electron chi connectivity index (χ1n) is 6.41. The molecule has 0 aliphatic carbocycles. The summed E-state index contributed by atoms with van der Waals surface area (Å²) in [5.74, 6) is -0.0770. The maximum Gasteiger partial charge on any atom is 0.141 e. The summed E-state index contributed by atoms with van der Waals surface area (Å²) in [6.45, 7) is 5.28. The highest BCUT2D eigenvalue weighted by Gasteiger charge is 2.14. The summed E-state index contributed by atoms with van der Waals surface area (Å²) < 4.78 is 13.0. The molecule has 0 saturated heterocycles. The SMILES string of the molecule is CCC(CC)C(O)CNCc1ccc(F)c(Cl)c1. The Morgan fingerprint density at radius 2 is 2.00 bits per heavy atom. The van der Waals surface area contributed by atoms with Gasteiger partial charge < -0.3 is 10.4 Å². The summed E-state index contributed by atoms with van der Waals surface area (Å²) in [7, 11) is 0. The standard InChI is InChI=1S/C14H21ClFNO/c1-3-11(4-2)14(18)9-17-8-10-5-6-13(16)12(15)7-10/h5-7,11,14,17-18H,3-4,8-9H2,1-2H3. The van der Waals surface area contributed by atoms with Crippen LogP contribution >= 0.6 is 11.6 Å². The fraction of sp³-hybridized carbons (Fsp3) is 0.571. The second kappa shape index (κ2) is 7.72. The van der Waals surface area contributed by atoms with Crippen LogP contribution < -0.4 is 5.32 Å². The third kappa shape index (κ3) is 4.56. The van der Waals surface area contributed by atoms with Gasteiger partial charge in [0.15, 0.2) is 0 Å². The smallest absolute Gasteiger partial charge is 0.141 e. The fourth-order valence-electron chi connectivity index (χ4n) is 2.01. The van der Waals surface area contributed by atoms with E-state index in [9.17, 15) is 9.50 Å². The number of rotatable bonds is 7. The van der Waals surface area contributed by atoms with Crippen LogP contribution in [0, 0.1) is 11.7 Å². The Morgan fingerprint density at radius 1 is 1.33 bits per heavy atom. The molecule has 1 aromatic carbocycles. The summed E-state index contributed by atoms with van der Waals surface area (Å²) in [6.07, 6.45) is 1.61. The van der Waals surface area contributed by atoms with Gasteiger partial charge in [0.25, 0.3) is 0 Å². The second-order valence-corrected chi connectivity index (χ2v) is 4.93. The molecular formula is C14H21ClFNO. The summed E-state index contributed by atoms with van der Waals surface area (Å²) in [5.41, 5.74) is 0.915. The number of benzene rings is 1. The van der Waals surface area contributed by atoms with Crippen LogP contribution in [0.2, 0.25) is 5.02 Å². The Labute approximate surface area is 113 Å². The van der Waals surface area contributed by atoms with Crippen molar-refractivity contribution < 1.29 is 9.50 Å². The number of nitrogens with one attached hydrogen (secondary N) is 1. The van der Waals surface area contributed by atoms with Gasteiger partial charge in [-0.05, 0) is 23.6 Å². The third-order valence-electron chi connectivity index (χ3n) is 3.26. The first-order chi connectivity index (χ1) is 8.58. The Bertz CT molecular complexity index is 369. The van der Waals surface area contributed by atoms with Gasteiger partial charge in [0.2, 0.25) is 0 Å². The molecule has 0 heterocycles. The number of hydrogen-bond acceptors (Lipinski definition) is 2. The molecule has 102 valence electrons. The van der Waals surface area contributed by atoms with Crippen LogP contribution in [0.5, 0.6) is 0 Å². The Morgan fingerprint density at radius 3 is 2.56 bits per heavy atom. The summed E-state index contributed by atoms with van der Waals surface area (Å²) >= 11 is 5.70. The van der Waals surface area contributed by atoms with Crippen molar-refractivity contribution in [3.8, 4) is 0 Å². The van der Waals surface area contributed by atoms with Crippen LogP contribution in [0.25, 0.3) is 0 Å². The minimum absolute atomic E-state index is 0.134. The molecule has 1 atom stereocenters. The highest BCUT2D eigenvalue weighted by atomic mass is 35.5. The van der Waals surface area contributed by atoms with Crippen molar-refractivity contribution in [3.63, 3.8) is 0 Å². The van der Waals surface area contributed by atoms with E-state index >= 15 is 0 Å². The lowest BCUT2D eigenvalue weighted by molar-refractivity contribution is 0.101. The zero-order chi connectivity index (χ0) is 13.5. The van der Waals surface area contributed by atoms with E-state index in [0.29, 0.717) is 19.0 Å². The van der Waals surface area contributed by atoms with Crippen LogP contribution in [0.15, 0.2) is 18.2 Å². The quantitative estimate of drug-likeness (QED) is 0.798. The van der Waals surface area contributed by atoms with E-state index < -0.39 is 5.82 Å². The van der Waals surface area contributed by atoms with Crippen LogP contribution in [0.1, 0.15) is 32.3 Å². The average Bonchev–Trinajstić information content (AvgIpc) is 2.35. The average molecular weight is 274 g/mol. The van der Waals surface area contributed by atoms with Gasteiger partial charge in [0, 0.05) is 13.1 Å². The molecule has 0 aliphatic heterocycles. The Kier molecular flexibility index (Phi) is 6.61. The van der Waals surface area contributed by atoms with Gasteiger partial charge in [-0.3, -0.25) is 0 Å². The van der Waals surface area contributed by atoms with Gasteiger partial charge in [-0.15, -0.1) is 0 Å². The molecule has 1 unspecified atom stereocenters. The first-order valence-corrected chi connectivity index (χ1v) is 6.79. The van der Waals surface area contributed by atoms with E-state index in [1.165, 1.54) is 6.07 Å². The van der Waals surface area contributed by atoms with Crippen molar-refractivity contribution in [2.24, 2.45) is 5.92 Å². The largest absolute Gasteiger partial charge is 0.392 e.